The third kappa shape index (κ3) is 17.3. The van der Waals surface area contributed by atoms with Gasteiger partial charge >= 0.3 is 0 Å². The second kappa shape index (κ2) is 20.0. The van der Waals surface area contributed by atoms with Gasteiger partial charge in [0, 0.05) is 28.6 Å². The first-order valence-electron chi connectivity index (χ1n) is 16.3. The number of nitrogens with zero attached hydrogens (tertiary/aromatic N) is 1. The smallest absolute Gasteiger partial charge is 0.222 e. The summed E-state index contributed by atoms with van der Waals surface area (Å²) in [6.07, 6.45) is 1.77. The van der Waals surface area contributed by atoms with Crippen molar-refractivity contribution in [1.82, 2.24) is 10.0 Å². The maximum absolute atomic E-state index is 11.1. The van der Waals surface area contributed by atoms with E-state index < -0.39 is 10.0 Å². The molecule has 0 spiro atoms. The van der Waals surface area contributed by atoms with E-state index in [-0.39, 0.29) is 49.6 Å². The fourth-order valence-corrected chi connectivity index (χ4v) is 5.17. The number of hydrogen-bond acceptors (Lipinski definition) is 5. The molecule has 270 valence electrons. The van der Waals surface area contributed by atoms with Gasteiger partial charge in [0.15, 0.2) is 0 Å². The number of oxime groups is 1. The highest BCUT2D eigenvalue weighted by atomic mass is 32.2. The molecule has 7 nitrogen and oxygen atoms in total. The molecule has 0 radical (unpaired) electrons. The number of sulfonamides is 1. The van der Waals surface area contributed by atoms with Gasteiger partial charge < -0.3 is 10.2 Å². The van der Waals surface area contributed by atoms with Gasteiger partial charge in [0.25, 0.3) is 0 Å². The number of carbonyl (C=O) groups excluding carboxylic acids is 1. The van der Waals surface area contributed by atoms with Gasteiger partial charge in [-0.15, -0.1) is 0 Å². The Morgan fingerprint density at radius 2 is 1.15 bits per heavy atom. The summed E-state index contributed by atoms with van der Waals surface area (Å²) in [6, 6.07) is 16.7. The molecule has 4 rings (SSSR count). The SMILES string of the molecule is C.C.CC(C)C(=O)NC(C)(C)C.CC(C)C(C)(C)C.CC(C)NS(=O)(=O)C1CC1.CC(C)ON=C1c2ccccc2-c2ccccc21. The van der Waals surface area contributed by atoms with Gasteiger partial charge in [-0.1, -0.05) is 117 Å². The molecule has 0 bridgehead atoms. The van der Waals surface area contributed by atoms with Crippen molar-refractivity contribution >= 4 is 21.6 Å². The highest BCUT2D eigenvalue weighted by molar-refractivity contribution is 7.90. The van der Waals surface area contributed by atoms with Crippen molar-refractivity contribution in [3.63, 3.8) is 0 Å². The first-order chi connectivity index (χ1) is 20.6. The van der Waals surface area contributed by atoms with Crippen LogP contribution in [0.15, 0.2) is 53.7 Å². The first-order valence-corrected chi connectivity index (χ1v) is 17.9. The van der Waals surface area contributed by atoms with Crippen molar-refractivity contribution in [1.29, 1.82) is 0 Å². The van der Waals surface area contributed by atoms with Gasteiger partial charge in [0.05, 0.1) is 5.25 Å². The van der Waals surface area contributed by atoms with E-state index in [0.29, 0.717) is 5.41 Å². The van der Waals surface area contributed by atoms with E-state index in [9.17, 15) is 13.2 Å². The minimum Gasteiger partial charge on any atom is -0.393 e. The van der Waals surface area contributed by atoms with Crippen molar-refractivity contribution < 1.29 is 18.0 Å². The van der Waals surface area contributed by atoms with E-state index in [1.165, 1.54) is 11.1 Å². The summed E-state index contributed by atoms with van der Waals surface area (Å²) >= 11 is 0. The van der Waals surface area contributed by atoms with Crippen LogP contribution in [0, 0.1) is 17.3 Å². The maximum atomic E-state index is 11.1. The lowest BCUT2D eigenvalue weighted by Gasteiger charge is -2.22. The molecule has 47 heavy (non-hydrogen) atoms. The molecule has 0 atom stereocenters. The summed E-state index contributed by atoms with van der Waals surface area (Å²) in [5, 5.41) is 7.11. The molecule has 2 N–H and O–H groups in total. The molecule has 0 heterocycles. The van der Waals surface area contributed by atoms with Crippen LogP contribution in [0.4, 0.5) is 0 Å². The van der Waals surface area contributed by atoms with Gasteiger partial charge in [-0.25, -0.2) is 13.1 Å². The van der Waals surface area contributed by atoms with Gasteiger partial charge in [-0.05, 0) is 83.8 Å². The molecule has 2 aliphatic rings. The molecule has 2 aromatic rings. The van der Waals surface area contributed by atoms with Crippen LogP contribution < -0.4 is 10.0 Å². The van der Waals surface area contributed by atoms with Crippen molar-refractivity contribution in [2.24, 2.45) is 22.4 Å². The minimum absolute atomic E-state index is 0. The zero-order chi connectivity index (χ0) is 34.8. The van der Waals surface area contributed by atoms with Crippen molar-refractivity contribution in [2.45, 2.75) is 148 Å². The second-order valence-electron chi connectivity index (χ2n) is 15.1. The van der Waals surface area contributed by atoms with E-state index in [1.54, 1.807) is 0 Å². The Morgan fingerprint density at radius 3 is 1.40 bits per heavy atom. The Balaban J connectivity index is 0. The monoisotopic (exact) mass is 676 g/mol. The molecule has 1 saturated carbocycles. The minimum atomic E-state index is -2.94. The predicted molar refractivity (Wildman–Crippen MR) is 204 cm³/mol. The van der Waals surface area contributed by atoms with E-state index in [4.69, 9.17) is 4.84 Å². The quantitative estimate of drug-likeness (QED) is 0.254. The van der Waals surface area contributed by atoms with Crippen LogP contribution in [0.2, 0.25) is 0 Å². The summed E-state index contributed by atoms with van der Waals surface area (Å²) in [4.78, 5) is 16.5. The third-order valence-electron chi connectivity index (χ3n) is 7.13. The summed E-state index contributed by atoms with van der Waals surface area (Å²) < 4.78 is 24.7. The lowest BCUT2D eigenvalue weighted by Crippen LogP contribution is -2.42. The van der Waals surface area contributed by atoms with Crippen LogP contribution in [0.25, 0.3) is 11.1 Å². The van der Waals surface area contributed by atoms with E-state index in [0.717, 1.165) is 35.6 Å². The first kappa shape index (κ1) is 46.4. The zero-order valence-corrected chi connectivity index (χ0v) is 31.2. The molecule has 1 fully saturated rings. The molecule has 0 aromatic heterocycles. The van der Waals surface area contributed by atoms with Crippen LogP contribution >= 0.6 is 0 Å². The van der Waals surface area contributed by atoms with Crippen molar-refractivity contribution in [2.75, 3.05) is 0 Å². The molecule has 8 heteroatoms. The second-order valence-corrected chi connectivity index (χ2v) is 17.1. The largest absolute Gasteiger partial charge is 0.393 e. The molecule has 2 aliphatic carbocycles. The summed E-state index contributed by atoms with van der Waals surface area (Å²) in [6.45, 7) is 28.6. The standard InChI is InChI=1S/C16H15NO.C8H17NO.C7H16.C6H13NO2S.2CH4/c1-11(2)18-17-16-14-9-5-3-7-12(14)13-8-4-6-10-15(13)16;1-6(2)7(10)9-8(3,4)5;1-6(2)7(3,4)5;1-5(2)7-10(8,9)6-3-4-6;;/h3-11H,1-2H3;6H,1-5H3,(H,9,10);6H,1-5H3;5-7H,3-4H2,1-2H3;2*1H4. The summed E-state index contributed by atoms with van der Waals surface area (Å²) in [5.41, 5.74) is 6.12. The van der Waals surface area contributed by atoms with Crippen LogP contribution in [0.1, 0.15) is 136 Å². The van der Waals surface area contributed by atoms with Gasteiger partial charge in [0.2, 0.25) is 15.9 Å². The third-order valence-corrected chi connectivity index (χ3v) is 9.28. The number of rotatable bonds is 6. The van der Waals surface area contributed by atoms with Crippen LogP contribution in [0.3, 0.4) is 0 Å². The number of amides is 1. The Bertz CT molecular complexity index is 1300. The molecule has 2 aromatic carbocycles. The number of fused-ring (bicyclic) bond motifs is 3. The van der Waals surface area contributed by atoms with E-state index in [2.05, 4.69) is 86.2 Å². The summed E-state index contributed by atoms with van der Waals surface area (Å²) in [5.74, 6) is 0.999. The number of nitrogens with one attached hydrogen (secondary N) is 2. The fraction of sp³-hybridized carbons (Fsp3) is 0.641. The molecule has 0 aliphatic heterocycles. The van der Waals surface area contributed by atoms with E-state index >= 15 is 0 Å². The maximum Gasteiger partial charge on any atom is 0.222 e. The highest BCUT2D eigenvalue weighted by Gasteiger charge is 2.35. The van der Waals surface area contributed by atoms with Gasteiger partial charge in [0.1, 0.15) is 11.8 Å². The molecule has 1 amide bonds. The average molecular weight is 676 g/mol. The Kier molecular flexibility index (Phi) is 19.7. The zero-order valence-electron chi connectivity index (χ0n) is 30.4. The van der Waals surface area contributed by atoms with Crippen molar-refractivity contribution in [3.05, 3.63) is 59.7 Å². The van der Waals surface area contributed by atoms with Crippen LogP contribution in [0.5, 0.6) is 0 Å². The lowest BCUT2D eigenvalue weighted by atomic mass is 9.84. The number of benzene rings is 2. The Labute approximate surface area is 289 Å². The number of carbonyl (C=O) groups is 1. The molecular weight excluding hydrogens is 607 g/mol. The fourth-order valence-electron chi connectivity index (χ4n) is 3.57. The Morgan fingerprint density at radius 1 is 0.766 bits per heavy atom. The molecule has 0 saturated heterocycles. The van der Waals surface area contributed by atoms with Gasteiger partial charge in [-0.2, -0.15) is 0 Å². The topological polar surface area (TPSA) is 96.9 Å². The van der Waals surface area contributed by atoms with E-state index in [1.807, 2.05) is 74.4 Å². The average Bonchev–Trinajstić information content (AvgIpc) is 3.71. The van der Waals surface area contributed by atoms with Gasteiger partial charge in [-0.3, -0.25) is 4.79 Å². The van der Waals surface area contributed by atoms with Crippen LogP contribution in [-0.4, -0.2) is 43.0 Å². The molecule has 0 unspecified atom stereocenters. The predicted octanol–water partition coefficient (Wildman–Crippen LogP) is 9.84. The lowest BCUT2D eigenvalue weighted by molar-refractivity contribution is -0.125. The van der Waals surface area contributed by atoms with Crippen LogP contribution in [-0.2, 0) is 19.7 Å². The Hall–Kier alpha value is -2.71. The highest BCUT2D eigenvalue weighted by Crippen LogP contribution is 2.36. The number of hydrogen-bond donors (Lipinski definition) is 2. The normalized spacial score (nSPS) is 13.4. The van der Waals surface area contributed by atoms with Crippen molar-refractivity contribution in [3.8, 4) is 11.1 Å². The summed E-state index contributed by atoms with van der Waals surface area (Å²) in [7, 11) is -2.94. The molecular formula is C39H69N3O4S.